The van der Waals surface area contributed by atoms with Gasteiger partial charge in [-0.3, -0.25) is 14.4 Å². The van der Waals surface area contributed by atoms with Crippen LogP contribution < -0.4 is 0 Å². The van der Waals surface area contributed by atoms with E-state index in [1.165, 1.54) is 148 Å². The van der Waals surface area contributed by atoms with E-state index in [0.717, 1.165) is 70.6 Å². The van der Waals surface area contributed by atoms with E-state index in [-0.39, 0.29) is 31.1 Å². The van der Waals surface area contributed by atoms with E-state index in [1.807, 2.05) is 0 Å². The van der Waals surface area contributed by atoms with Gasteiger partial charge in [-0.05, 0) is 38.5 Å². The Balaban J connectivity index is 4.33. The summed E-state index contributed by atoms with van der Waals surface area (Å²) in [5, 5.41) is 0. The van der Waals surface area contributed by atoms with Gasteiger partial charge in [-0.15, -0.1) is 0 Å². The highest BCUT2D eigenvalue weighted by Gasteiger charge is 2.19. The summed E-state index contributed by atoms with van der Waals surface area (Å²) in [6.07, 6.45) is 46.2. The number of hydrogen-bond donors (Lipinski definition) is 0. The summed E-state index contributed by atoms with van der Waals surface area (Å²) in [7, 11) is 0. The van der Waals surface area contributed by atoms with Crippen molar-refractivity contribution in [3.8, 4) is 0 Å². The van der Waals surface area contributed by atoms with Crippen LogP contribution in [-0.4, -0.2) is 37.2 Å². The van der Waals surface area contributed by atoms with Gasteiger partial charge in [-0.2, -0.15) is 0 Å². The molecule has 1 atom stereocenters. The Kier molecular flexibility index (Phi) is 42.4. The van der Waals surface area contributed by atoms with Crippen LogP contribution in [0.15, 0.2) is 12.2 Å². The van der Waals surface area contributed by atoms with E-state index in [1.54, 1.807) is 0 Å². The number of ether oxygens (including phenoxy) is 3. The second-order valence-corrected chi connectivity index (χ2v) is 16.0. The van der Waals surface area contributed by atoms with E-state index in [2.05, 4.69) is 32.9 Å². The molecule has 0 radical (unpaired) electrons. The van der Waals surface area contributed by atoms with Gasteiger partial charge in [0.1, 0.15) is 13.2 Å². The van der Waals surface area contributed by atoms with Crippen LogP contribution in [0.25, 0.3) is 0 Å². The zero-order valence-corrected chi connectivity index (χ0v) is 36.3. The van der Waals surface area contributed by atoms with Crippen LogP contribution in [0.4, 0.5) is 0 Å². The maximum Gasteiger partial charge on any atom is 0.306 e. The third kappa shape index (κ3) is 41.3. The molecule has 0 saturated carbocycles. The van der Waals surface area contributed by atoms with E-state index < -0.39 is 6.10 Å². The highest BCUT2D eigenvalue weighted by molar-refractivity contribution is 5.71. The summed E-state index contributed by atoms with van der Waals surface area (Å²) in [5.74, 6) is -0.868. The van der Waals surface area contributed by atoms with E-state index in [4.69, 9.17) is 14.2 Å². The fourth-order valence-corrected chi connectivity index (χ4v) is 6.92. The molecular weight excluding hydrogens is 673 g/mol. The van der Waals surface area contributed by atoms with Gasteiger partial charge in [-0.1, -0.05) is 213 Å². The second-order valence-electron chi connectivity index (χ2n) is 16.0. The first-order valence-corrected chi connectivity index (χ1v) is 23.7. The largest absolute Gasteiger partial charge is 0.462 e. The number of esters is 3. The number of unbranched alkanes of at least 4 members (excludes halogenated alkanes) is 30. The molecule has 0 saturated heterocycles. The lowest BCUT2D eigenvalue weighted by Gasteiger charge is -2.18. The van der Waals surface area contributed by atoms with Crippen molar-refractivity contribution < 1.29 is 28.6 Å². The van der Waals surface area contributed by atoms with Crippen molar-refractivity contribution in [2.45, 2.75) is 264 Å². The second kappa shape index (κ2) is 43.9. The molecule has 0 fully saturated rings. The van der Waals surface area contributed by atoms with Gasteiger partial charge in [0.15, 0.2) is 6.10 Å². The summed E-state index contributed by atoms with van der Waals surface area (Å²) in [6, 6.07) is 0. The van der Waals surface area contributed by atoms with Crippen LogP contribution >= 0.6 is 0 Å². The Bertz CT molecular complexity index is 839. The van der Waals surface area contributed by atoms with Crippen molar-refractivity contribution in [3.05, 3.63) is 12.2 Å². The average molecular weight is 763 g/mol. The van der Waals surface area contributed by atoms with Gasteiger partial charge in [0.25, 0.3) is 0 Å². The van der Waals surface area contributed by atoms with Gasteiger partial charge >= 0.3 is 17.9 Å². The van der Waals surface area contributed by atoms with Crippen LogP contribution in [0.2, 0.25) is 0 Å². The average Bonchev–Trinajstić information content (AvgIpc) is 3.17. The Morgan fingerprint density at radius 2 is 0.648 bits per heavy atom. The maximum absolute atomic E-state index is 12.7. The lowest BCUT2D eigenvalue weighted by Crippen LogP contribution is -2.30. The normalized spacial score (nSPS) is 12.0. The van der Waals surface area contributed by atoms with Crippen molar-refractivity contribution in [2.24, 2.45) is 0 Å². The number of hydrogen-bond acceptors (Lipinski definition) is 6. The number of rotatable bonds is 43. The van der Waals surface area contributed by atoms with Crippen LogP contribution in [0, 0.1) is 0 Å². The van der Waals surface area contributed by atoms with Crippen molar-refractivity contribution in [3.63, 3.8) is 0 Å². The van der Waals surface area contributed by atoms with Gasteiger partial charge in [-0.25, -0.2) is 0 Å². The summed E-state index contributed by atoms with van der Waals surface area (Å²) < 4.78 is 16.7. The molecule has 6 heteroatoms. The van der Waals surface area contributed by atoms with Crippen molar-refractivity contribution in [1.82, 2.24) is 0 Å². The lowest BCUT2D eigenvalue weighted by atomic mass is 10.0. The van der Waals surface area contributed by atoms with Gasteiger partial charge < -0.3 is 14.2 Å². The quantitative estimate of drug-likeness (QED) is 0.0266. The van der Waals surface area contributed by atoms with Crippen LogP contribution in [0.1, 0.15) is 258 Å². The molecular formula is C48H90O6. The molecule has 0 amide bonds. The molecule has 0 spiro atoms. The number of carbonyl (C=O) groups excluding carboxylic acids is 3. The van der Waals surface area contributed by atoms with Crippen molar-refractivity contribution in [2.75, 3.05) is 13.2 Å². The third-order valence-corrected chi connectivity index (χ3v) is 10.5. The molecule has 0 aliphatic carbocycles. The van der Waals surface area contributed by atoms with Crippen molar-refractivity contribution >= 4 is 17.9 Å². The minimum absolute atomic E-state index is 0.0679. The standard InChI is InChI=1S/C48H90O6/c1-4-7-10-13-16-19-22-24-26-29-32-35-38-41-47(50)53-44-45(43-52-46(49)40-37-34-31-28-21-18-15-12-9-6-3)54-48(51)42-39-36-33-30-27-25-23-20-17-14-11-8-5-2/h12,15,45H,4-11,13-14,16-44H2,1-3H3/b15-12-. The summed E-state index contributed by atoms with van der Waals surface area (Å²) in [5.41, 5.74) is 0. The van der Waals surface area contributed by atoms with Crippen LogP contribution in [-0.2, 0) is 28.6 Å². The Morgan fingerprint density at radius 3 is 1.00 bits per heavy atom. The van der Waals surface area contributed by atoms with Crippen molar-refractivity contribution in [1.29, 1.82) is 0 Å². The Morgan fingerprint density at radius 1 is 0.352 bits per heavy atom. The van der Waals surface area contributed by atoms with Crippen LogP contribution in [0.5, 0.6) is 0 Å². The third-order valence-electron chi connectivity index (χ3n) is 10.5. The molecule has 318 valence electrons. The molecule has 6 nitrogen and oxygen atoms in total. The molecule has 0 heterocycles. The predicted molar refractivity (Wildman–Crippen MR) is 229 cm³/mol. The first-order valence-electron chi connectivity index (χ1n) is 23.7. The number of allylic oxidation sites excluding steroid dienone is 2. The van der Waals surface area contributed by atoms with Gasteiger partial charge in [0, 0.05) is 19.3 Å². The summed E-state index contributed by atoms with van der Waals surface area (Å²) in [4.78, 5) is 37.7. The number of carbonyl (C=O) groups is 3. The molecule has 0 N–H and O–H groups in total. The fourth-order valence-electron chi connectivity index (χ4n) is 6.92. The zero-order chi connectivity index (χ0) is 39.4. The van der Waals surface area contributed by atoms with E-state index in [9.17, 15) is 14.4 Å². The maximum atomic E-state index is 12.7. The molecule has 0 aromatic carbocycles. The van der Waals surface area contributed by atoms with Gasteiger partial charge in [0.05, 0.1) is 0 Å². The van der Waals surface area contributed by atoms with Crippen LogP contribution in [0.3, 0.4) is 0 Å². The minimum atomic E-state index is -0.764. The molecule has 0 aromatic rings. The first-order chi connectivity index (χ1) is 26.5. The Labute approximate surface area is 335 Å². The topological polar surface area (TPSA) is 78.9 Å². The van der Waals surface area contributed by atoms with Gasteiger partial charge in [0.2, 0.25) is 0 Å². The molecule has 0 bridgehead atoms. The highest BCUT2D eigenvalue weighted by atomic mass is 16.6. The fraction of sp³-hybridized carbons (Fsp3) is 0.896. The van der Waals surface area contributed by atoms with E-state index in [0.29, 0.717) is 19.3 Å². The smallest absolute Gasteiger partial charge is 0.306 e. The molecule has 0 aliphatic heterocycles. The minimum Gasteiger partial charge on any atom is -0.462 e. The first kappa shape index (κ1) is 52.2. The summed E-state index contributed by atoms with van der Waals surface area (Å²) >= 11 is 0. The highest BCUT2D eigenvalue weighted by Crippen LogP contribution is 2.16. The zero-order valence-electron chi connectivity index (χ0n) is 36.3. The molecule has 0 rings (SSSR count). The van der Waals surface area contributed by atoms with E-state index >= 15 is 0 Å². The molecule has 1 unspecified atom stereocenters. The molecule has 0 aromatic heterocycles. The summed E-state index contributed by atoms with van der Waals surface area (Å²) in [6.45, 7) is 6.58. The SMILES string of the molecule is CCC/C=C\CCCCCCCC(=O)OCC(COC(=O)CCCCCCCCCCCCCCC)OC(=O)CCCCCCCCCCCCCCC. The Hall–Kier alpha value is -1.85. The molecule has 0 aliphatic rings. The molecule has 54 heavy (non-hydrogen) atoms. The monoisotopic (exact) mass is 763 g/mol. The predicted octanol–water partition coefficient (Wildman–Crippen LogP) is 15.0. The lowest BCUT2D eigenvalue weighted by molar-refractivity contribution is -0.167.